The number of imidazole rings is 1. The second-order valence-corrected chi connectivity index (χ2v) is 6.69. The van der Waals surface area contributed by atoms with Crippen molar-refractivity contribution >= 4 is 0 Å². The first kappa shape index (κ1) is 14.8. The van der Waals surface area contributed by atoms with Crippen LogP contribution in [-0.2, 0) is 17.9 Å². The van der Waals surface area contributed by atoms with Gasteiger partial charge in [-0.2, -0.15) is 0 Å². The average Bonchev–Trinajstić information content (AvgIpc) is 3.27. The molecule has 0 amide bonds. The molecular weight excluding hydrogens is 288 g/mol. The van der Waals surface area contributed by atoms with Gasteiger partial charge in [-0.25, -0.2) is 4.98 Å². The van der Waals surface area contributed by atoms with Crippen LogP contribution in [0.25, 0.3) is 0 Å². The Kier molecular flexibility index (Phi) is 4.39. The van der Waals surface area contributed by atoms with Gasteiger partial charge < -0.3 is 9.30 Å². The molecule has 1 aliphatic heterocycles. The molecule has 3 heterocycles. The Balaban J connectivity index is 1.40. The van der Waals surface area contributed by atoms with Gasteiger partial charge in [0.2, 0.25) is 0 Å². The fraction of sp³-hybridized carbons (Fsp3) is 0.556. The lowest BCUT2D eigenvalue weighted by molar-refractivity contribution is 0.0482. The highest BCUT2D eigenvalue weighted by Gasteiger charge is 2.30. The summed E-state index contributed by atoms with van der Waals surface area (Å²) in [7, 11) is 0. The number of nitrogens with zero attached hydrogens (tertiary/aromatic N) is 4. The lowest BCUT2D eigenvalue weighted by Crippen LogP contribution is -2.43. The zero-order valence-electron chi connectivity index (χ0n) is 13.5. The van der Waals surface area contributed by atoms with Gasteiger partial charge in [-0.05, 0) is 24.5 Å². The van der Waals surface area contributed by atoms with E-state index < -0.39 is 0 Å². The van der Waals surface area contributed by atoms with Crippen LogP contribution in [-0.4, -0.2) is 38.6 Å². The number of fused-ring (bicyclic) bond motifs is 1. The molecular formula is C18H24N4O. The van der Waals surface area contributed by atoms with Crippen LogP contribution in [0, 0.1) is 0 Å². The van der Waals surface area contributed by atoms with Crippen LogP contribution < -0.4 is 0 Å². The molecule has 0 saturated heterocycles. The lowest BCUT2D eigenvalue weighted by atomic mass is 10.1. The summed E-state index contributed by atoms with van der Waals surface area (Å²) >= 11 is 0. The van der Waals surface area contributed by atoms with Crippen molar-refractivity contribution in [2.45, 2.75) is 50.9 Å². The van der Waals surface area contributed by atoms with E-state index in [0.29, 0.717) is 12.6 Å². The number of hydrogen-bond acceptors (Lipinski definition) is 4. The second-order valence-electron chi connectivity index (χ2n) is 6.69. The minimum atomic E-state index is 0.360. The van der Waals surface area contributed by atoms with Crippen LogP contribution >= 0.6 is 0 Å². The van der Waals surface area contributed by atoms with Crippen molar-refractivity contribution in [1.82, 2.24) is 19.4 Å². The Hall–Kier alpha value is -1.72. The third kappa shape index (κ3) is 3.31. The molecule has 23 heavy (non-hydrogen) atoms. The van der Waals surface area contributed by atoms with E-state index in [9.17, 15) is 0 Å². The van der Waals surface area contributed by atoms with Gasteiger partial charge in [0.1, 0.15) is 0 Å². The van der Waals surface area contributed by atoms with Gasteiger partial charge in [-0.3, -0.25) is 9.88 Å². The highest BCUT2D eigenvalue weighted by atomic mass is 16.5. The standard InChI is InChI=1S/C18H24N4O/c1-2-6-16(5-1)21-10-17-9-20-14-22(17)18(11-21)13-23-12-15-4-3-7-19-8-15/h3-4,7-9,14,16,18H,1-2,5-6,10-13H2. The molecule has 2 aromatic rings. The van der Waals surface area contributed by atoms with Gasteiger partial charge in [-0.1, -0.05) is 18.9 Å². The van der Waals surface area contributed by atoms with E-state index in [2.05, 4.69) is 25.5 Å². The van der Waals surface area contributed by atoms with Crippen LogP contribution in [0.15, 0.2) is 37.1 Å². The Morgan fingerprint density at radius 3 is 2.91 bits per heavy atom. The molecule has 2 aliphatic rings. The number of pyridine rings is 1. The van der Waals surface area contributed by atoms with Gasteiger partial charge in [0.05, 0.1) is 31.3 Å². The van der Waals surface area contributed by atoms with Crippen molar-refractivity contribution in [2.75, 3.05) is 13.2 Å². The van der Waals surface area contributed by atoms with E-state index in [1.54, 1.807) is 6.20 Å². The van der Waals surface area contributed by atoms with Crippen LogP contribution in [0.5, 0.6) is 0 Å². The maximum Gasteiger partial charge on any atom is 0.0952 e. The topological polar surface area (TPSA) is 43.2 Å². The third-order valence-electron chi connectivity index (χ3n) is 5.09. The molecule has 0 bridgehead atoms. The highest BCUT2D eigenvalue weighted by Crippen LogP contribution is 2.30. The molecule has 1 aliphatic carbocycles. The normalized spacial score (nSPS) is 22.3. The zero-order chi connectivity index (χ0) is 15.5. The molecule has 1 fully saturated rings. The number of aromatic nitrogens is 3. The minimum absolute atomic E-state index is 0.360. The van der Waals surface area contributed by atoms with Crippen molar-refractivity contribution in [2.24, 2.45) is 0 Å². The molecule has 0 N–H and O–H groups in total. The summed E-state index contributed by atoms with van der Waals surface area (Å²) < 4.78 is 8.28. The number of hydrogen-bond donors (Lipinski definition) is 0. The van der Waals surface area contributed by atoms with E-state index >= 15 is 0 Å². The SMILES string of the molecule is c1cncc(COCC2CN(C3CCCC3)Cc3cncn32)c1. The van der Waals surface area contributed by atoms with Crippen molar-refractivity contribution in [3.63, 3.8) is 0 Å². The first-order chi connectivity index (χ1) is 11.4. The lowest BCUT2D eigenvalue weighted by Gasteiger charge is -2.37. The molecule has 0 spiro atoms. The number of ether oxygens (including phenoxy) is 1. The van der Waals surface area contributed by atoms with Crippen LogP contribution in [0.3, 0.4) is 0 Å². The summed E-state index contributed by atoms with van der Waals surface area (Å²) in [6.07, 6.45) is 13.1. The molecule has 5 heteroatoms. The van der Waals surface area contributed by atoms with Gasteiger partial charge in [-0.15, -0.1) is 0 Å². The summed E-state index contributed by atoms with van der Waals surface area (Å²) in [5.41, 5.74) is 2.44. The van der Waals surface area contributed by atoms with E-state index in [-0.39, 0.29) is 0 Å². The fourth-order valence-corrected chi connectivity index (χ4v) is 3.89. The average molecular weight is 312 g/mol. The number of rotatable bonds is 5. The Morgan fingerprint density at radius 1 is 1.17 bits per heavy atom. The summed E-state index contributed by atoms with van der Waals surface area (Å²) in [6, 6.07) is 5.12. The van der Waals surface area contributed by atoms with Crippen molar-refractivity contribution in [3.05, 3.63) is 48.3 Å². The fourth-order valence-electron chi connectivity index (χ4n) is 3.89. The first-order valence-corrected chi connectivity index (χ1v) is 8.61. The van der Waals surface area contributed by atoms with Gasteiger partial charge in [0, 0.05) is 37.7 Å². The van der Waals surface area contributed by atoms with Crippen molar-refractivity contribution in [1.29, 1.82) is 0 Å². The molecule has 0 radical (unpaired) electrons. The molecule has 2 aromatic heterocycles. The molecule has 4 rings (SSSR count). The molecule has 0 aromatic carbocycles. The first-order valence-electron chi connectivity index (χ1n) is 8.61. The maximum absolute atomic E-state index is 5.98. The molecule has 1 saturated carbocycles. The van der Waals surface area contributed by atoms with Crippen LogP contribution in [0.4, 0.5) is 0 Å². The van der Waals surface area contributed by atoms with Crippen LogP contribution in [0.1, 0.15) is 43.0 Å². The minimum Gasteiger partial charge on any atom is -0.375 e. The predicted molar refractivity (Wildman–Crippen MR) is 87.8 cm³/mol. The van der Waals surface area contributed by atoms with E-state index in [1.165, 1.54) is 31.4 Å². The van der Waals surface area contributed by atoms with Gasteiger partial charge in [0.25, 0.3) is 0 Å². The molecule has 5 nitrogen and oxygen atoms in total. The monoisotopic (exact) mass is 312 g/mol. The molecule has 122 valence electrons. The smallest absolute Gasteiger partial charge is 0.0952 e. The highest BCUT2D eigenvalue weighted by molar-refractivity contribution is 5.07. The predicted octanol–water partition coefficient (Wildman–Crippen LogP) is 2.79. The summed E-state index contributed by atoms with van der Waals surface area (Å²) in [5.74, 6) is 0. The zero-order valence-corrected chi connectivity index (χ0v) is 13.5. The second kappa shape index (κ2) is 6.81. The summed E-state index contributed by atoms with van der Waals surface area (Å²) in [5, 5.41) is 0. The molecule has 1 unspecified atom stereocenters. The van der Waals surface area contributed by atoms with Gasteiger partial charge in [0.15, 0.2) is 0 Å². The summed E-state index contributed by atoms with van der Waals surface area (Å²) in [4.78, 5) is 11.1. The van der Waals surface area contributed by atoms with Crippen LogP contribution in [0.2, 0.25) is 0 Å². The van der Waals surface area contributed by atoms with Crippen molar-refractivity contribution in [3.8, 4) is 0 Å². The maximum atomic E-state index is 5.98. The molecule has 1 atom stereocenters. The van der Waals surface area contributed by atoms with E-state index in [4.69, 9.17) is 4.74 Å². The Bertz CT molecular complexity index is 621. The Morgan fingerprint density at radius 2 is 2.09 bits per heavy atom. The summed E-state index contributed by atoms with van der Waals surface area (Å²) in [6.45, 7) is 3.45. The largest absolute Gasteiger partial charge is 0.375 e. The van der Waals surface area contributed by atoms with E-state index in [1.807, 2.05) is 24.8 Å². The Labute approximate surface area is 137 Å². The van der Waals surface area contributed by atoms with Gasteiger partial charge >= 0.3 is 0 Å². The third-order valence-corrected chi connectivity index (χ3v) is 5.09. The quantitative estimate of drug-likeness (QED) is 0.851. The van der Waals surface area contributed by atoms with E-state index in [0.717, 1.165) is 31.3 Å². The van der Waals surface area contributed by atoms with Crippen molar-refractivity contribution < 1.29 is 4.74 Å².